The maximum atomic E-state index is 12.9. The summed E-state index contributed by atoms with van der Waals surface area (Å²) in [6.07, 6.45) is 3.56. The van der Waals surface area contributed by atoms with Crippen LogP contribution in [0.25, 0.3) is 0 Å². The Kier molecular flexibility index (Phi) is 3.62. The van der Waals surface area contributed by atoms with Crippen LogP contribution in [0.5, 0.6) is 0 Å². The lowest BCUT2D eigenvalue weighted by Crippen LogP contribution is -2.12. The van der Waals surface area contributed by atoms with Gasteiger partial charge in [0.15, 0.2) is 0 Å². The van der Waals surface area contributed by atoms with Crippen molar-refractivity contribution in [2.75, 3.05) is 0 Å². The van der Waals surface area contributed by atoms with E-state index in [0.717, 1.165) is 17.7 Å². The zero-order valence-electron chi connectivity index (χ0n) is 8.86. The van der Waals surface area contributed by atoms with Crippen molar-refractivity contribution in [3.63, 3.8) is 0 Å². The standard InChI is InChI=1S/C13H13FN2/c14-13-5-1-3-11(7-13)8-16-10-12-4-2-6-15-9-12/h1-7,9,16H,8,10H2. The molecular formula is C13H13FN2. The molecule has 1 aromatic carbocycles. The molecule has 3 heteroatoms. The minimum atomic E-state index is -0.194. The molecule has 16 heavy (non-hydrogen) atoms. The highest BCUT2D eigenvalue weighted by Crippen LogP contribution is 2.03. The second-order valence-electron chi connectivity index (χ2n) is 3.59. The van der Waals surface area contributed by atoms with E-state index >= 15 is 0 Å². The monoisotopic (exact) mass is 216 g/mol. The minimum Gasteiger partial charge on any atom is -0.309 e. The molecule has 1 heterocycles. The third-order valence-electron chi connectivity index (χ3n) is 2.27. The molecule has 0 aliphatic carbocycles. The smallest absolute Gasteiger partial charge is 0.123 e. The summed E-state index contributed by atoms with van der Waals surface area (Å²) in [6, 6.07) is 10.5. The van der Waals surface area contributed by atoms with Gasteiger partial charge >= 0.3 is 0 Å². The van der Waals surface area contributed by atoms with E-state index in [0.29, 0.717) is 6.54 Å². The quantitative estimate of drug-likeness (QED) is 0.849. The topological polar surface area (TPSA) is 24.9 Å². The SMILES string of the molecule is Fc1cccc(CNCc2cccnc2)c1. The highest BCUT2D eigenvalue weighted by atomic mass is 19.1. The van der Waals surface area contributed by atoms with Gasteiger partial charge in [0, 0.05) is 25.5 Å². The van der Waals surface area contributed by atoms with Crippen molar-refractivity contribution in [2.24, 2.45) is 0 Å². The van der Waals surface area contributed by atoms with E-state index in [-0.39, 0.29) is 5.82 Å². The molecule has 0 fully saturated rings. The maximum absolute atomic E-state index is 12.9. The van der Waals surface area contributed by atoms with Gasteiger partial charge in [0.05, 0.1) is 0 Å². The van der Waals surface area contributed by atoms with Crippen LogP contribution < -0.4 is 5.32 Å². The third-order valence-corrected chi connectivity index (χ3v) is 2.27. The third kappa shape index (κ3) is 3.14. The zero-order chi connectivity index (χ0) is 11.2. The highest BCUT2D eigenvalue weighted by Gasteiger charge is 1.95. The summed E-state index contributed by atoms with van der Waals surface area (Å²) in [7, 11) is 0. The van der Waals surface area contributed by atoms with Crippen LogP contribution in [0.1, 0.15) is 11.1 Å². The lowest BCUT2D eigenvalue weighted by Gasteiger charge is -2.04. The first-order chi connectivity index (χ1) is 7.84. The van der Waals surface area contributed by atoms with Crippen LogP contribution in [0.15, 0.2) is 48.8 Å². The van der Waals surface area contributed by atoms with Gasteiger partial charge in [-0.25, -0.2) is 4.39 Å². The zero-order valence-corrected chi connectivity index (χ0v) is 8.86. The van der Waals surface area contributed by atoms with E-state index in [4.69, 9.17) is 0 Å². The molecule has 0 atom stereocenters. The van der Waals surface area contributed by atoms with Crippen LogP contribution in [0, 0.1) is 5.82 Å². The molecule has 0 radical (unpaired) electrons. The molecule has 0 aliphatic rings. The highest BCUT2D eigenvalue weighted by molar-refractivity contribution is 5.16. The fraction of sp³-hybridized carbons (Fsp3) is 0.154. The first-order valence-electron chi connectivity index (χ1n) is 5.18. The average molecular weight is 216 g/mol. The molecule has 0 amide bonds. The van der Waals surface area contributed by atoms with Crippen LogP contribution in [-0.4, -0.2) is 4.98 Å². The van der Waals surface area contributed by atoms with Crippen molar-refractivity contribution in [2.45, 2.75) is 13.1 Å². The summed E-state index contributed by atoms with van der Waals surface area (Å²) >= 11 is 0. The first kappa shape index (κ1) is 10.8. The van der Waals surface area contributed by atoms with E-state index in [1.54, 1.807) is 12.3 Å². The molecule has 0 saturated heterocycles. The van der Waals surface area contributed by atoms with E-state index in [9.17, 15) is 4.39 Å². The molecule has 82 valence electrons. The normalized spacial score (nSPS) is 10.3. The Bertz CT molecular complexity index is 443. The van der Waals surface area contributed by atoms with Crippen LogP contribution in [0.2, 0.25) is 0 Å². The summed E-state index contributed by atoms with van der Waals surface area (Å²) in [5.74, 6) is -0.194. The van der Waals surface area contributed by atoms with Gasteiger partial charge < -0.3 is 5.32 Å². The van der Waals surface area contributed by atoms with Gasteiger partial charge in [0.25, 0.3) is 0 Å². The molecule has 2 rings (SSSR count). The number of pyridine rings is 1. The number of halogens is 1. The van der Waals surface area contributed by atoms with Crippen molar-refractivity contribution in [1.82, 2.24) is 10.3 Å². The number of hydrogen-bond acceptors (Lipinski definition) is 2. The Hall–Kier alpha value is -1.74. The van der Waals surface area contributed by atoms with Crippen LogP contribution in [0.3, 0.4) is 0 Å². The van der Waals surface area contributed by atoms with Crippen LogP contribution >= 0.6 is 0 Å². The minimum absolute atomic E-state index is 0.194. The number of nitrogens with one attached hydrogen (secondary N) is 1. The fourth-order valence-electron chi connectivity index (χ4n) is 1.50. The molecule has 2 aromatic rings. The number of aromatic nitrogens is 1. The second kappa shape index (κ2) is 5.37. The Balaban J connectivity index is 1.85. The van der Waals surface area contributed by atoms with E-state index in [1.807, 2.05) is 24.4 Å². The predicted octanol–water partition coefficient (Wildman–Crippen LogP) is 2.51. The molecular weight excluding hydrogens is 203 g/mol. The van der Waals surface area contributed by atoms with Gasteiger partial charge in [0.2, 0.25) is 0 Å². The van der Waals surface area contributed by atoms with Crippen molar-refractivity contribution >= 4 is 0 Å². The first-order valence-corrected chi connectivity index (χ1v) is 5.18. The fourth-order valence-corrected chi connectivity index (χ4v) is 1.50. The van der Waals surface area contributed by atoms with E-state index in [2.05, 4.69) is 10.3 Å². The van der Waals surface area contributed by atoms with Gasteiger partial charge in [-0.1, -0.05) is 18.2 Å². The van der Waals surface area contributed by atoms with Gasteiger partial charge in [-0.05, 0) is 29.3 Å². The number of hydrogen-bond donors (Lipinski definition) is 1. The van der Waals surface area contributed by atoms with Gasteiger partial charge in [-0.3, -0.25) is 4.98 Å². The largest absolute Gasteiger partial charge is 0.309 e. The molecule has 0 unspecified atom stereocenters. The Morgan fingerprint density at radius 3 is 2.62 bits per heavy atom. The predicted molar refractivity (Wildman–Crippen MR) is 61.2 cm³/mol. The molecule has 2 nitrogen and oxygen atoms in total. The summed E-state index contributed by atoms with van der Waals surface area (Å²) < 4.78 is 12.9. The maximum Gasteiger partial charge on any atom is 0.123 e. The molecule has 1 aromatic heterocycles. The Labute approximate surface area is 94.2 Å². The number of benzene rings is 1. The van der Waals surface area contributed by atoms with Gasteiger partial charge in [-0.2, -0.15) is 0 Å². The van der Waals surface area contributed by atoms with E-state index < -0.39 is 0 Å². The molecule has 0 aliphatic heterocycles. The lowest BCUT2D eigenvalue weighted by atomic mass is 10.2. The Morgan fingerprint density at radius 1 is 1.06 bits per heavy atom. The number of nitrogens with zero attached hydrogens (tertiary/aromatic N) is 1. The lowest BCUT2D eigenvalue weighted by molar-refractivity contribution is 0.620. The van der Waals surface area contributed by atoms with Crippen molar-refractivity contribution in [1.29, 1.82) is 0 Å². The van der Waals surface area contributed by atoms with E-state index in [1.165, 1.54) is 12.1 Å². The molecule has 0 bridgehead atoms. The molecule has 1 N–H and O–H groups in total. The summed E-state index contributed by atoms with van der Waals surface area (Å²) in [5, 5.41) is 3.24. The summed E-state index contributed by atoms with van der Waals surface area (Å²) in [6.45, 7) is 1.40. The Morgan fingerprint density at radius 2 is 1.88 bits per heavy atom. The van der Waals surface area contributed by atoms with Gasteiger partial charge in [0.1, 0.15) is 5.82 Å². The van der Waals surface area contributed by atoms with Crippen LogP contribution in [-0.2, 0) is 13.1 Å². The number of rotatable bonds is 4. The van der Waals surface area contributed by atoms with Crippen molar-refractivity contribution in [3.8, 4) is 0 Å². The van der Waals surface area contributed by atoms with Crippen LogP contribution in [0.4, 0.5) is 4.39 Å². The summed E-state index contributed by atoms with van der Waals surface area (Å²) in [5.41, 5.74) is 2.07. The molecule has 0 spiro atoms. The van der Waals surface area contributed by atoms with Gasteiger partial charge in [-0.15, -0.1) is 0 Å². The van der Waals surface area contributed by atoms with Crippen molar-refractivity contribution in [3.05, 3.63) is 65.7 Å². The van der Waals surface area contributed by atoms with Crippen molar-refractivity contribution < 1.29 is 4.39 Å². The second-order valence-corrected chi connectivity index (χ2v) is 3.59. The summed E-state index contributed by atoms with van der Waals surface area (Å²) in [4.78, 5) is 4.02. The molecule has 0 saturated carbocycles. The average Bonchev–Trinajstić information content (AvgIpc) is 2.30.